The van der Waals surface area contributed by atoms with Crippen LogP contribution in [-0.4, -0.2) is 42.9 Å². The van der Waals surface area contributed by atoms with E-state index in [1.54, 1.807) is 18.4 Å². The summed E-state index contributed by atoms with van der Waals surface area (Å²) in [5, 5.41) is 0. The van der Waals surface area contributed by atoms with Crippen molar-refractivity contribution in [3.63, 3.8) is 0 Å². The van der Waals surface area contributed by atoms with Gasteiger partial charge < -0.3 is 18.8 Å². The first-order chi connectivity index (χ1) is 13.1. The largest absolute Gasteiger partial charge is 0.462 e. The minimum atomic E-state index is -0.466. The molecule has 6 heteroatoms. The second-order valence-corrected chi connectivity index (χ2v) is 5.84. The number of aromatic nitrogens is 1. The van der Waals surface area contributed by atoms with E-state index in [1.165, 1.54) is 0 Å². The molecular weight excluding hydrogens is 346 g/mol. The summed E-state index contributed by atoms with van der Waals surface area (Å²) in [6.45, 7) is 9.18. The molecule has 0 N–H and O–H groups in total. The first kappa shape index (κ1) is 20.7. The van der Waals surface area contributed by atoms with Gasteiger partial charge in [-0.2, -0.15) is 0 Å². The predicted molar refractivity (Wildman–Crippen MR) is 103 cm³/mol. The minimum Gasteiger partial charge on any atom is -0.462 e. The molecule has 0 unspecified atom stereocenters. The lowest BCUT2D eigenvalue weighted by Gasteiger charge is -2.12. The van der Waals surface area contributed by atoms with Gasteiger partial charge in [-0.25, -0.2) is 9.59 Å². The molecule has 0 amide bonds. The molecule has 1 aromatic carbocycles. The zero-order valence-corrected chi connectivity index (χ0v) is 16.4. The highest BCUT2D eigenvalue weighted by Gasteiger charge is 2.31. The van der Waals surface area contributed by atoms with Crippen molar-refractivity contribution < 1.29 is 23.8 Å². The third kappa shape index (κ3) is 4.57. The van der Waals surface area contributed by atoms with Gasteiger partial charge >= 0.3 is 11.9 Å². The summed E-state index contributed by atoms with van der Waals surface area (Å²) >= 11 is 0. The Morgan fingerprint density at radius 1 is 0.926 bits per heavy atom. The van der Waals surface area contributed by atoms with Crippen LogP contribution < -0.4 is 0 Å². The molecule has 0 saturated heterocycles. The molecule has 146 valence electrons. The second-order valence-electron chi connectivity index (χ2n) is 5.84. The number of carbonyl (C=O) groups is 2. The van der Waals surface area contributed by atoms with Gasteiger partial charge in [0, 0.05) is 24.4 Å². The molecular formula is C21H27NO5. The zero-order chi connectivity index (χ0) is 19.8. The lowest BCUT2D eigenvalue weighted by Crippen LogP contribution is -2.16. The molecule has 2 rings (SSSR count). The molecule has 0 aliphatic heterocycles. The maximum absolute atomic E-state index is 12.8. The number of ether oxygens (including phenoxy) is 3. The van der Waals surface area contributed by atoms with Crippen molar-refractivity contribution in [2.45, 2.75) is 34.2 Å². The van der Waals surface area contributed by atoms with Gasteiger partial charge in [-0.05, 0) is 33.3 Å². The molecule has 0 saturated carbocycles. The quantitative estimate of drug-likeness (QED) is 0.493. The Bertz CT molecular complexity index is 780. The van der Waals surface area contributed by atoms with Crippen LogP contribution in [-0.2, 0) is 20.8 Å². The zero-order valence-electron chi connectivity index (χ0n) is 16.4. The van der Waals surface area contributed by atoms with E-state index in [0.29, 0.717) is 42.3 Å². The maximum atomic E-state index is 12.8. The van der Waals surface area contributed by atoms with E-state index in [0.717, 1.165) is 5.56 Å². The molecule has 6 nitrogen and oxygen atoms in total. The molecule has 1 heterocycles. The van der Waals surface area contributed by atoms with Crippen molar-refractivity contribution in [1.29, 1.82) is 0 Å². The van der Waals surface area contributed by atoms with Crippen LogP contribution in [0.4, 0.5) is 0 Å². The van der Waals surface area contributed by atoms with E-state index >= 15 is 0 Å². The molecule has 0 aliphatic carbocycles. The maximum Gasteiger partial charge on any atom is 0.355 e. The Labute approximate surface area is 160 Å². The van der Waals surface area contributed by atoms with Crippen LogP contribution in [0.5, 0.6) is 0 Å². The average Bonchev–Trinajstić information content (AvgIpc) is 2.96. The molecule has 27 heavy (non-hydrogen) atoms. The first-order valence-corrected chi connectivity index (χ1v) is 9.27. The van der Waals surface area contributed by atoms with Crippen LogP contribution in [0.1, 0.15) is 47.3 Å². The summed E-state index contributed by atoms with van der Waals surface area (Å²) in [4.78, 5) is 25.5. The average molecular weight is 373 g/mol. The summed E-state index contributed by atoms with van der Waals surface area (Å²) in [5.41, 5.74) is 2.71. The Hall–Kier alpha value is -2.60. The van der Waals surface area contributed by atoms with Gasteiger partial charge in [0.15, 0.2) is 0 Å². The number of nitrogens with zero attached hydrogens (tertiary/aromatic N) is 1. The summed E-state index contributed by atoms with van der Waals surface area (Å²) in [7, 11) is 0. The van der Waals surface area contributed by atoms with E-state index in [-0.39, 0.29) is 13.2 Å². The molecule has 0 radical (unpaired) electrons. The summed E-state index contributed by atoms with van der Waals surface area (Å²) in [6.07, 6.45) is 0. The number of esters is 2. The highest BCUT2D eigenvalue weighted by molar-refractivity contribution is 6.06. The van der Waals surface area contributed by atoms with Gasteiger partial charge in [-0.3, -0.25) is 0 Å². The summed E-state index contributed by atoms with van der Waals surface area (Å²) < 4.78 is 17.8. The Morgan fingerprint density at radius 3 is 2.15 bits per heavy atom. The number of benzene rings is 1. The third-order valence-corrected chi connectivity index (χ3v) is 4.20. The first-order valence-electron chi connectivity index (χ1n) is 9.27. The minimum absolute atomic E-state index is 0.248. The summed E-state index contributed by atoms with van der Waals surface area (Å²) in [6, 6.07) is 9.36. The SMILES string of the molecule is CCOCCn1c(C)c(C(=O)OCC)c(-c2ccccc2)c1C(=O)OCC. The Kier molecular flexibility index (Phi) is 7.61. The van der Waals surface area contributed by atoms with Gasteiger partial charge in [-0.15, -0.1) is 0 Å². The number of rotatable bonds is 9. The van der Waals surface area contributed by atoms with Crippen LogP contribution in [0.2, 0.25) is 0 Å². The molecule has 0 atom stereocenters. The standard InChI is InChI=1S/C21H27NO5/c1-5-25-14-13-22-15(4)17(20(23)26-6-2)18(16-11-9-8-10-12-16)19(22)21(24)27-7-3/h8-12H,5-7,13-14H2,1-4H3. The normalized spacial score (nSPS) is 10.7. The fraction of sp³-hybridized carbons (Fsp3) is 0.429. The van der Waals surface area contributed by atoms with Crippen LogP contribution in [0, 0.1) is 6.92 Å². The van der Waals surface area contributed by atoms with Crippen LogP contribution >= 0.6 is 0 Å². The topological polar surface area (TPSA) is 66.8 Å². The highest BCUT2D eigenvalue weighted by atomic mass is 16.5. The van der Waals surface area contributed by atoms with Gasteiger partial charge in [0.05, 0.1) is 25.4 Å². The lowest BCUT2D eigenvalue weighted by molar-refractivity contribution is 0.0508. The van der Waals surface area contributed by atoms with E-state index in [9.17, 15) is 9.59 Å². The van der Waals surface area contributed by atoms with E-state index in [1.807, 2.05) is 44.2 Å². The molecule has 0 spiro atoms. The fourth-order valence-corrected chi connectivity index (χ4v) is 3.07. The second kappa shape index (κ2) is 9.92. The Morgan fingerprint density at radius 2 is 1.56 bits per heavy atom. The predicted octanol–water partition coefficient (Wildman–Crippen LogP) is 3.85. The monoisotopic (exact) mass is 373 g/mol. The van der Waals surface area contributed by atoms with E-state index in [4.69, 9.17) is 14.2 Å². The smallest absolute Gasteiger partial charge is 0.355 e. The molecule has 2 aromatic rings. The third-order valence-electron chi connectivity index (χ3n) is 4.20. The molecule has 1 aromatic heterocycles. The van der Waals surface area contributed by atoms with Crippen LogP contribution in [0.3, 0.4) is 0 Å². The van der Waals surface area contributed by atoms with Crippen molar-refractivity contribution in [3.8, 4) is 11.1 Å². The van der Waals surface area contributed by atoms with Gasteiger partial charge in [-0.1, -0.05) is 30.3 Å². The highest BCUT2D eigenvalue weighted by Crippen LogP contribution is 2.34. The fourth-order valence-electron chi connectivity index (χ4n) is 3.07. The number of hydrogen-bond donors (Lipinski definition) is 0. The molecule has 0 bridgehead atoms. The van der Waals surface area contributed by atoms with Crippen molar-refractivity contribution in [2.24, 2.45) is 0 Å². The van der Waals surface area contributed by atoms with E-state index < -0.39 is 11.9 Å². The molecule has 0 aliphatic rings. The van der Waals surface area contributed by atoms with Crippen molar-refractivity contribution in [3.05, 3.63) is 47.3 Å². The van der Waals surface area contributed by atoms with Crippen molar-refractivity contribution >= 4 is 11.9 Å². The molecule has 0 fully saturated rings. The lowest BCUT2D eigenvalue weighted by atomic mass is 10.00. The summed E-state index contributed by atoms with van der Waals surface area (Å²) in [5.74, 6) is -0.916. The van der Waals surface area contributed by atoms with Gasteiger partial charge in [0.1, 0.15) is 5.69 Å². The number of carbonyl (C=O) groups excluding carboxylic acids is 2. The Balaban J connectivity index is 2.72. The number of hydrogen-bond acceptors (Lipinski definition) is 5. The van der Waals surface area contributed by atoms with Gasteiger partial charge in [0.25, 0.3) is 0 Å². The van der Waals surface area contributed by atoms with Gasteiger partial charge in [0.2, 0.25) is 0 Å². The van der Waals surface area contributed by atoms with Crippen molar-refractivity contribution in [1.82, 2.24) is 4.57 Å². The van der Waals surface area contributed by atoms with Crippen LogP contribution in [0.15, 0.2) is 30.3 Å². The van der Waals surface area contributed by atoms with Crippen molar-refractivity contribution in [2.75, 3.05) is 26.4 Å². The van der Waals surface area contributed by atoms with E-state index in [2.05, 4.69) is 0 Å². The van der Waals surface area contributed by atoms with Crippen LogP contribution in [0.25, 0.3) is 11.1 Å².